The van der Waals surface area contributed by atoms with Gasteiger partial charge in [-0.25, -0.2) is 4.79 Å². The molecule has 2 saturated heterocycles. The second-order valence-electron chi connectivity index (χ2n) is 7.18. The maximum atomic E-state index is 14.3. The van der Waals surface area contributed by atoms with Crippen molar-refractivity contribution in [1.29, 1.82) is 0 Å². The van der Waals surface area contributed by atoms with Gasteiger partial charge < -0.3 is 9.84 Å². The summed E-state index contributed by atoms with van der Waals surface area (Å²) < 4.78 is 34.4. The van der Waals surface area contributed by atoms with Gasteiger partial charge in [-0.05, 0) is 41.9 Å². The highest BCUT2D eigenvalue weighted by molar-refractivity contribution is 5.78. The average Bonchev–Trinajstić information content (AvgIpc) is 2.86. The molecule has 0 unspecified atom stereocenters. The molecule has 5 aliphatic carbocycles. The van der Waals surface area contributed by atoms with Crippen molar-refractivity contribution in [3.8, 4) is 0 Å². The topological polar surface area (TPSA) is 46.5 Å². The lowest BCUT2D eigenvalue weighted by Crippen LogP contribution is -2.61. The van der Waals surface area contributed by atoms with Crippen molar-refractivity contribution in [1.82, 2.24) is 0 Å². The molecule has 1 N–H and O–H groups in total. The van der Waals surface area contributed by atoms with E-state index in [0.29, 0.717) is 23.7 Å². The van der Waals surface area contributed by atoms with Crippen LogP contribution in [0.2, 0.25) is 0 Å². The van der Waals surface area contributed by atoms with E-state index in [1.54, 1.807) is 0 Å². The van der Waals surface area contributed by atoms with Gasteiger partial charge in [-0.15, -0.1) is 0 Å². The molecule has 7 fully saturated rings. The molecule has 7 aliphatic rings. The predicted octanol–water partition coefficient (Wildman–Crippen LogP) is 1.23. The van der Waals surface area contributed by atoms with Gasteiger partial charge in [-0.3, -0.25) is 0 Å². The Labute approximate surface area is 101 Å². The molecule has 0 aromatic rings. The molecule has 96 valence electrons. The van der Waals surface area contributed by atoms with Crippen LogP contribution in [0.3, 0.4) is 0 Å². The quantitative estimate of drug-likeness (QED) is 0.806. The summed E-state index contributed by atoms with van der Waals surface area (Å²) in [6, 6.07) is 0. The number of halogens is 2. The molecule has 0 amide bonds. The molecule has 2 aliphatic heterocycles. The highest BCUT2D eigenvalue weighted by Gasteiger charge is 2.97. The first-order chi connectivity index (χ1) is 8.52. The minimum Gasteiger partial charge on any atom is -0.477 e. The average molecular weight is 254 g/mol. The zero-order chi connectivity index (χ0) is 12.2. The molecule has 0 aromatic heterocycles. The SMILES string of the molecule is O=C(O)C(F)(F)[C@]12O[C@H]3[C@H]4[C@H]5[C@H]6C[C@H]([C@@H]5[C@H]41)[C@@H]2[C@@H]63. The fraction of sp³-hybridized carbons (Fsp3) is 0.923. The van der Waals surface area contributed by atoms with Crippen molar-refractivity contribution in [2.24, 2.45) is 47.3 Å². The van der Waals surface area contributed by atoms with Crippen molar-refractivity contribution in [3.05, 3.63) is 0 Å². The molecule has 0 aromatic carbocycles. The van der Waals surface area contributed by atoms with E-state index in [2.05, 4.69) is 0 Å². The van der Waals surface area contributed by atoms with Gasteiger partial charge in [-0.1, -0.05) is 0 Å². The number of hydrogen-bond acceptors (Lipinski definition) is 2. The molecule has 5 saturated carbocycles. The largest absolute Gasteiger partial charge is 0.477 e. The van der Waals surface area contributed by atoms with E-state index >= 15 is 0 Å². The normalized spacial score (nSPS) is 71.6. The summed E-state index contributed by atoms with van der Waals surface area (Å²) in [5, 5.41) is 8.95. The molecule has 2 heterocycles. The third kappa shape index (κ3) is 0.497. The zero-order valence-corrected chi connectivity index (χ0v) is 9.42. The lowest BCUT2D eigenvalue weighted by Gasteiger charge is -2.46. The molecular formula is C13H12F2O3. The fourth-order valence-corrected chi connectivity index (χ4v) is 7.67. The third-order valence-electron chi connectivity index (χ3n) is 7.46. The van der Waals surface area contributed by atoms with Crippen LogP contribution in [0.1, 0.15) is 6.42 Å². The van der Waals surface area contributed by atoms with Crippen LogP contribution in [-0.4, -0.2) is 28.7 Å². The standard InChI is InChI=1S/C13H12F2O3/c14-13(15,11(16)17)12-8-3-1-2-4-5(3)9(12)7(4)10(18-12)6(2)8/h2-10H,1H2,(H,16,17)/t2-,3-,4+,5+,6-,7+,8-,9-,10-,12-/m1/s1. The number of alkyl halides is 2. The molecule has 0 spiro atoms. The molecule has 10 atom stereocenters. The van der Waals surface area contributed by atoms with E-state index in [4.69, 9.17) is 9.84 Å². The minimum atomic E-state index is -3.71. The van der Waals surface area contributed by atoms with E-state index in [-0.39, 0.29) is 29.8 Å². The van der Waals surface area contributed by atoms with E-state index in [9.17, 15) is 13.6 Å². The smallest absolute Gasteiger partial charge is 0.377 e. The van der Waals surface area contributed by atoms with Crippen LogP contribution in [0.5, 0.6) is 0 Å². The van der Waals surface area contributed by atoms with Crippen LogP contribution in [0.25, 0.3) is 0 Å². The maximum Gasteiger partial charge on any atom is 0.377 e. The van der Waals surface area contributed by atoms with Crippen molar-refractivity contribution in [2.75, 3.05) is 0 Å². The Hall–Kier alpha value is -0.710. The number of ether oxygens (including phenoxy) is 1. The number of hydrogen-bond donors (Lipinski definition) is 1. The van der Waals surface area contributed by atoms with Gasteiger partial charge in [0.1, 0.15) is 0 Å². The van der Waals surface area contributed by atoms with E-state index in [0.717, 1.165) is 6.42 Å². The van der Waals surface area contributed by atoms with Crippen molar-refractivity contribution < 1.29 is 23.4 Å². The Kier molecular flexibility index (Phi) is 1.04. The molecule has 18 heavy (non-hydrogen) atoms. The molecule has 0 radical (unpaired) electrons. The first-order valence-electron chi connectivity index (χ1n) is 6.81. The molecule has 5 heteroatoms. The lowest BCUT2D eigenvalue weighted by molar-refractivity contribution is -0.222. The van der Waals surface area contributed by atoms with Gasteiger partial charge in [0.25, 0.3) is 0 Å². The Morgan fingerprint density at radius 3 is 2.67 bits per heavy atom. The van der Waals surface area contributed by atoms with Crippen LogP contribution in [0.4, 0.5) is 8.78 Å². The molecule has 4 bridgehead atoms. The lowest BCUT2D eigenvalue weighted by atomic mass is 9.56. The highest BCUT2D eigenvalue weighted by atomic mass is 19.3. The van der Waals surface area contributed by atoms with Gasteiger partial charge in [0.15, 0.2) is 5.60 Å². The fourth-order valence-electron chi connectivity index (χ4n) is 7.67. The summed E-state index contributed by atoms with van der Waals surface area (Å²) in [4.78, 5) is 11.0. The van der Waals surface area contributed by atoms with Crippen molar-refractivity contribution in [2.45, 2.75) is 24.0 Å². The van der Waals surface area contributed by atoms with Crippen LogP contribution in [0.15, 0.2) is 0 Å². The maximum absolute atomic E-state index is 14.3. The first-order valence-corrected chi connectivity index (χ1v) is 6.81. The monoisotopic (exact) mass is 254 g/mol. The molecule has 3 nitrogen and oxygen atoms in total. The highest BCUT2D eigenvalue weighted by Crippen LogP contribution is 2.91. The van der Waals surface area contributed by atoms with Crippen LogP contribution in [-0.2, 0) is 9.53 Å². The first kappa shape index (κ1) is 9.23. The summed E-state index contributed by atoms with van der Waals surface area (Å²) in [5.74, 6) is -3.63. The second-order valence-corrected chi connectivity index (χ2v) is 7.18. The summed E-state index contributed by atoms with van der Waals surface area (Å²) in [7, 11) is 0. The van der Waals surface area contributed by atoms with E-state index < -0.39 is 17.5 Å². The molecule has 7 rings (SSSR count). The van der Waals surface area contributed by atoms with E-state index in [1.807, 2.05) is 0 Å². The van der Waals surface area contributed by atoms with E-state index in [1.165, 1.54) is 0 Å². The summed E-state index contributed by atoms with van der Waals surface area (Å²) in [6.45, 7) is 0. The minimum absolute atomic E-state index is 0.0380. The van der Waals surface area contributed by atoms with Gasteiger partial charge in [0.05, 0.1) is 6.10 Å². The van der Waals surface area contributed by atoms with Gasteiger partial charge >= 0.3 is 11.9 Å². The Morgan fingerprint density at radius 2 is 1.94 bits per heavy atom. The van der Waals surface area contributed by atoms with Crippen molar-refractivity contribution >= 4 is 5.97 Å². The number of carbonyl (C=O) groups is 1. The van der Waals surface area contributed by atoms with Crippen LogP contribution < -0.4 is 0 Å². The number of carboxylic acid groups (broad SMARTS) is 1. The number of carboxylic acids is 1. The molecular weight excluding hydrogens is 242 g/mol. The van der Waals surface area contributed by atoms with Crippen LogP contribution >= 0.6 is 0 Å². The third-order valence-corrected chi connectivity index (χ3v) is 7.46. The van der Waals surface area contributed by atoms with Crippen molar-refractivity contribution in [3.63, 3.8) is 0 Å². The Bertz CT molecular complexity index is 524. The summed E-state index contributed by atoms with van der Waals surface area (Å²) >= 11 is 0. The Balaban J connectivity index is 1.65. The van der Waals surface area contributed by atoms with Gasteiger partial charge in [0, 0.05) is 11.8 Å². The number of rotatable bonds is 2. The Morgan fingerprint density at radius 1 is 1.17 bits per heavy atom. The van der Waals surface area contributed by atoms with Gasteiger partial charge in [-0.2, -0.15) is 8.78 Å². The summed E-state index contributed by atoms with van der Waals surface area (Å²) in [6.07, 6.45) is 1.03. The number of aliphatic carboxylic acids is 1. The summed E-state index contributed by atoms with van der Waals surface area (Å²) in [5.41, 5.74) is -1.63. The second kappa shape index (κ2) is 2.03. The predicted molar refractivity (Wildman–Crippen MR) is 52.7 cm³/mol. The van der Waals surface area contributed by atoms with Gasteiger partial charge in [0.2, 0.25) is 0 Å². The van der Waals surface area contributed by atoms with Crippen LogP contribution in [0, 0.1) is 47.3 Å². The zero-order valence-electron chi connectivity index (χ0n) is 9.42.